The minimum atomic E-state index is -1.38. The van der Waals surface area contributed by atoms with E-state index in [2.05, 4.69) is 87.8 Å². The molecule has 0 unspecified atom stereocenters. The van der Waals surface area contributed by atoms with Crippen LogP contribution in [-0.4, -0.2) is 20.4 Å². The molecule has 2 rings (SSSR count). The topological polar surface area (TPSA) is 24.1 Å². The summed E-state index contributed by atoms with van der Waals surface area (Å²) in [7, 11) is -1.38. The van der Waals surface area contributed by atoms with Crippen LogP contribution in [0.1, 0.15) is 22.3 Å². The molecule has 2 aromatic rings. The fourth-order valence-corrected chi connectivity index (χ4v) is 4.34. The van der Waals surface area contributed by atoms with E-state index >= 15 is 0 Å². The molecule has 2 N–H and O–H groups in total. The molecule has 0 bridgehead atoms. The van der Waals surface area contributed by atoms with Crippen LogP contribution in [0.4, 0.5) is 11.4 Å². The van der Waals surface area contributed by atoms with E-state index in [1.165, 1.54) is 33.6 Å². The van der Waals surface area contributed by atoms with Gasteiger partial charge in [-0.2, -0.15) is 0 Å². The monoisotopic (exact) mass is 326 g/mol. The van der Waals surface area contributed by atoms with E-state index < -0.39 is 8.07 Å². The SMILES string of the molecule is Cc1cccc(C)c1NC[Si](C)(C)CNc1c(C)cccc1C. The highest BCUT2D eigenvalue weighted by Gasteiger charge is 2.21. The molecule has 0 saturated carbocycles. The summed E-state index contributed by atoms with van der Waals surface area (Å²) in [6.45, 7) is 13.6. The molecule has 0 radical (unpaired) electrons. The normalized spacial score (nSPS) is 11.4. The summed E-state index contributed by atoms with van der Waals surface area (Å²) >= 11 is 0. The predicted molar refractivity (Wildman–Crippen MR) is 106 cm³/mol. The molecule has 23 heavy (non-hydrogen) atoms. The number of hydrogen-bond donors (Lipinski definition) is 2. The van der Waals surface area contributed by atoms with Gasteiger partial charge in [0.15, 0.2) is 0 Å². The molecule has 0 atom stereocenters. The molecule has 124 valence electrons. The number of rotatable bonds is 6. The Bertz CT molecular complexity index is 579. The fourth-order valence-electron chi connectivity index (χ4n) is 2.90. The molecular weight excluding hydrogens is 296 g/mol. The smallest absolute Gasteiger partial charge is 0.0902 e. The van der Waals surface area contributed by atoms with Gasteiger partial charge in [-0.3, -0.25) is 0 Å². The summed E-state index contributed by atoms with van der Waals surface area (Å²) in [4.78, 5) is 0. The van der Waals surface area contributed by atoms with Crippen LogP contribution in [0.15, 0.2) is 36.4 Å². The average molecular weight is 327 g/mol. The third-order valence-electron chi connectivity index (χ3n) is 4.45. The Hall–Kier alpha value is -1.74. The van der Waals surface area contributed by atoms with Gasteiger partial charge in [-0.25, -0.2) is 0 Å². The summed E-state index contributed by atoms with van der Waals surface area (Å²) in [6, 6.07) is 13.0. The van der Waals surface area contributed by atoms with Gasteiger partial charge in [0.25, 0.3) is 0 Å². The number of para-hydroxylation sites is 2. The van der Waals surface area contributed by atoms with E-state index in [1.54, 1.807) is 0 Å². The molecule has 3 heteroatoms. The van der Waals surface area contributed by atoms with E-state index in [4.69, 9.17) is 0 Å². The molecule has 0 heterocycles. The Kier molecular flexibility index (Phi) is 5.53. The second-order valence-electron chi connectivity index (χ2n) is 7.40. The van der Waals surface area contributed by atoms with Crippen molar-refractivity contribution in [2.45, 2.75) is 40.8 Å². The molecule has 0 spiro atoms. The highest BCUT2D eigenvalue weighted by molar-refractivity contribution is 6.78. The number of anilines is 2. The second-order valence-corrected chi connectivity index (χ2v) is 12.4. The van der Waals surface area contributed by atoms with Gasteiger partial charge in [-0.1, -0.05) is 49.5 Å². The highest BCUT2D eigenvalue weighted by atomic mass is 28.3. The van der Waals surface area contributed by atoms with Crippen molar-refractivity contribution >= 4 is 19.4 Å². The molecule has 0 aliphatic rings. The van der Waals surface area contributed by atoms with Crippen LogP contribution in [0, 0.1) is 27.7 Å². The van der Waals surface area contributed by atoms with Gasteiger partial charge in [-0.15, -0.1) is 0 Å². The summed E-state index contributed by atoms with van der Waals surface area (Å²) in [5.41, 5.74) is 7.94. The highest BCUT2D eigenvalue weighted by Crippen LogP contribution is 2.22. The summed E-state index contributed by atoms with van der Waals surface area (Å²) < 4.78 is 0. The van der Waals surface area contributed by atoms with Crippen molar-refractivity contribution in [3.05, 3.63) is 58.7 Å². The lowest BCUT2D eigenvalue weighted by Crippen LogP contribution is -2.43. The maximum atomic E-state index is 3.71. The van der Waals surface area contributed by atoms with Crippen molar-refractivity contribution in [2.75, 3.05) is 23.0 Å². The van der Waals surface area contributed by atoms with Gasteiger partial charge >= 0.3 is 0 Å². The average Bonchev–Trinajstić information content (AvgIpc) is 2.46. The van der Waals surface area contributed by atoms with Gasteiger partial charge in [0.05, 0.1) is 8.07 Å². The van der Waals surface area contributed by atoms with Crippen molar-refractivity contribution in [3.8, 4) is 0 Å². The molecule has 0 amide bonds. The van der Waals surface area contributed by atoms with E-state index in [1.807, 2.05) is 0 Å². The lowest BCUT2D eigenvalue weighted by molar-refractivity contribution is 1.23. The minimum Gasteiger partial charge on any atom is -0.387 e. The van der Waals surface area contributed by atoms with Crippen LogP contribution in [0.25, 0.3) is 0 Å². The van der Waals surface area contributed by atoms with E-state index in [9.17, 15) is 0 Å². The van der Waals surface area contributed by atoms with Crippen LogP contribution < -0.4 is 10.6 Å². The van der Waals surface area contributed by atoms with Gasteiger partial charge in [-0.05, 0) is 49.9 Å². The maximum Gasteiger partial charge on any atom is 0.0902 e. The molecule has 0 fully saturated rings. The van der Waals surface area contributed by atoms with E-state index in [-0.39, 0.29) is 0 Å². The van der Waals surface area contributed by atoms with Gasteiger partial charge in [0.2, 0.25) is 0 Å². The molecule has 0 aliphatic heterocycles. The Balaban J connectivity index is 2.00. The number of hydrogen-bond acceptors (Lipinski definition) is 2. The molecule has 2 nitrogen and oxygen atoms in total. The first-order valence-electron chi connectivity index (χ1n) is 8.40. The summed E-state index contributed by atoms with van der Waals surface area (Å²) in [6.07, 6.45) is 2.16. The zero-order chi connectivity index (χ0) is 17.0. The quantitative estimate of drug-likeness (QED) is 0.710. The maximum absolute atomic E-state index is 3.71. The van der Waals surface area contributed by atoms with Crippen LogP contribution >= 0.6 is 0 Å². The first-order chi connectivity index (χ1) is 10.8. The third kappa shape index (κ3) is 4.61. The molecule has 2 aromatic carbocycles. The number of benzene rings is 2. The number of aryl methyl sites for hydroxylation is 4. The van der Waals surface area contributed by atoms with Crippen LogP contribution in [0.3, 0.4) is 0 Å². The molecule has 0 aliphatic carbocycles. The third-order valence-corrected chi connectivity index (χ3v) is 6.72. The number of nitrogens with one attached hydrogen (secondary N) is 2. The van der Waals surface area contributed by atoms with E-state index in [0.717, 1.165) is 12.3 Å². The zero-order valence-corrected chi connectivity index (χ0v) is 16.4. The first kappa shape index (κ1) is 17.6. The summed E-state index contributed by atoms with van der Waals surface area (Å²) in [5, 5.41) is 7.42. The largest absolute Gasteiger partial charge is 0.387 e. The fraction of sp³-hybridized carbons (Fsp3) is 0.400. The Morgan fingerprint density at radius 3 is 1.26 bits per heavy atom. The lowest BCUT2D eigenvalue weighted by atomic mass is 10.1. The molecule has 0 aromatic heterocycles. The Morgan fingerprint density at radius 2 is 0.957 bits per heavy atom. The van der Waals surface area contributed by atoms with Crippen molar-refractivity contribution in [3.63, 3.8) is 0 Å². The van der Waals surface area contributed by atoms with Crippen molar-refractivity contribution in [1.82, 2.24) is 0 Å². The first-order valence-corrected chi connectivity index (χ1v) is 11.8. The molecule has 0 saturated heterocycles. The Labute approximate surface area is 142 Å². The zero-order valence-electron chi connectivity index (χ0n) is 15.4. The van der Waals surface area contributed by atoms with Crippen LogP contribution in [0.5, 0.6) is 0 Å². The van der Waals surface area contributed by atoms with Crippen LogP contribution in [-0.2, 0) is 0 Å². The van der Waals surface area contributed by atoms with Gasteiger partial charge in [0.1, 0.15) is 0 Å². The predicted octanol–water partition coefficient (Wildman–Crippen LogP) is 5.23. The summed E-state index contributed by atoms with van der Waals surface area (Å²) in [5.74, 6) is 0. The van der Waals surface area contributed by atoms with Crippen LogP contribution in [0.2, 0.25) is 13.1 Å². The standard InChI is InChI=1S/C20H30N2Si/c1-15-9-7-10-16(2)19(15)21-13-23(5,6)14-22-20-17(3)11-8-12-18(20)4/h7-12,21-22H,13-14H2,1-6H3. The minimum absolute atomic E-state index is 1.08. The Morgan fingerprint density at radius 1 is 0.652 bits per heavy atom. The van der Waals surface area contributed by atoms with Gasteiger partial charge < -0.3 is 10.6 Å². The van der Waals surface area contributed by atoms with Crippen molar-refractivity contribution in [2.24, 2.45) is 0 Å². The van der Waals surface area contributed by atoms with Gasteiger partial charge in [0, 0.05) is 23.7 Å². The lowest BCUT2D eigenvalue weighted by Gasteiger charge is -2.26. The van der Waals surface area contributed by atoms with Crippen molar-refractivity contribution < 1.29 is 0 Å². The molecular formula is C20H30N2Si. The van der Waals surface area contributed by atoms with Crippen molar-refractivity contribution in [1.29, 1.82) is 0 Å². The second kappa shape index (κ2) is 7.22. The van der Waals surface area contributed by atoms with E-state index in [0.29, 0.717) is 0 Å².